The average molecular weight is 261 g/mol. The lowest BCUT2D eigenvalue weighted by Gasteiger charge is -2.17. The number of ether oxygens (including phenoxy) is 1. The summed E-state index contributed by atoms with van der Waals surface area (Å²) in [4.78, 5) is 0. The number of nitrogens with one attached hydrogen (secondary N) is 1. The second kappa shape index (κ2) is 6.95. The third kappa shape index (κ3) is 4.87. The summed E-state index contributed by atoms with van der Waals surface area (Å²) >= 11 is 0. The van der Waals surface area contributed by atoms with E-state index in [0.717, 1.165) is 24.6 Å². The lowest BCUT2D eigenvalue weighted by molar-refractivity contribution is 0.242. The van der Waals surface area contributed by atoms with E-state index < -0.39 is 0 Å². The Bertz CT molecular complexity index is 385. The predicted molar refractivity (Wildman–Crippen MR) is 80.7 cm³/mol. The summed E-state index contributed by atoms with van der Waals surface area (Å²) < 4.78 is 5.75. The first-order valence-corrected chi connectivity index (χ1v) is 7.68. The van der Waals surface area contributed by atoms with Crippen molar-refractivity contribution in [1.82, 2.24) is 5.32 Å². The first-order chi connectivity index (χ1) is 9.19. The maximum Gasteiger partial charge on any atom is 0.119 e. The predicted octanol–water partition coefficient (Wildman–Crippen LogP) is 3.79. The second-order valence-electron chi connectivity index (χ2n) is 5.85. The Morgan fingerprint density at radius 2 is 2.11 bits per heavy atom. The molecule has 0 bridgehead atoms. The Kier molecular flexibility index (Phi) is 5.26. The van der Waals surface area contributed by atoms with Crippen molar-refractivity contribution in [2.75, 3.05) is 6.54 Å². The van der Waals surface area contributed by atoms with Crippen LogP contribution in [0.3, 0.4) is 0 Å². The van der Waals surface area contributed by atoms with E-state index in [9.17, 15) is 0 Å². The fourth-order valence-electron chi connectivity index (χ4n) is 2.63. The third-order valence-corrected chi connectivity index (χ3v) is 3.67. The van der Waals surface area contributed by atoms with Crippen molar-refractivity contribution in [2.45, 2.75) is 58.6 Å². The maximum absolute atomic E-state index is 5.75. The molecule has 0 amide bonds. The average Bonchev–Trinajstić information content (AvgIpc) is 3.18. The van der Waals surface area contributed by atoms with Crippen LogP contribution in [-0.4, -0.2) is 18.7 Å². The quantitative estimate of drug-likeness (QED) is 0.768. The Labute approximate surface area is 117 Å². The Balaban J connectivity index is 1.87. The monoisotopic (exact) mass is 261 g/mol. The van der Waals surface area contributed by atoms with Gasteiger partial charge in [0.25, 0.3) is 0 Å². The normalized spacial score (nSPS) is 16.6. The van der Waals surface area contributed by atoms with Crippen molar-refractivity contribution in [3.05, 3.63) is 29.8 Å². The highest BCUT2D eigenvalue weighted by Crippen LogP contribution is 2.34. The van der Waals surface area contributed by atoms with E-state index in [1.165, 1.54) is 24.8 Å². The van der Waals surface area contributed by atoms with Gasteiger partial charge < -0.3 is 10.1 Å². The fourth-order valence-corrected chi connectivity index (χ4v) is 2.63. The largest absolute Gasteiger partial charge is 0.491 e. The molecule has 0 radical (unpaired) electrons. The van der Waals surface area contributed by atoms with Gasteiger partial charge in [-0.1, -0.05) is 19.1 Å². The molecule has 1 aliphatic carbocycles. The van der Waals surface area contributed by atoms with E-state index in [-0.39, 0.29) is 6.10 Å². The van der Waals surface area contributed by atoms with Crippen LogP contribution < -0.4 is 10.1 Å². The van der Waals surface area contributed by atoms with Gasteiger partial charge in [0.2, 0.25) is 0 Å². The topological polar surface area (TPSA) is 21.3 Å². The van der Waals surface area contributed by atoms with Crippen molar-refractivity contribution in [3.63, 3.8) is 0 Å². The van der Waals surface area contributed by atoms with Crippen LogP contribution in [-0.2, 0) is 6.42 Å². The molecule has 2 nitrogen and oxygen atoms in total. The third-order valence-electron chi connectivity index (χ3n) is 3.67. The zero-order chi connectivity index (χ0) is 13.7. The molecular weight excluding hydrogens is 234 g/mol. The van der Waals surface area contributed by atoms with Crippen molar-refractivity contribution in [2.24, 2.45) is 5.92 Å². The molecule has 1 unspecified atom stereocenters. The standard InChI is InChI=1S/C17H27NO/c1-4-18-17(15-9-10-15)11-8-14-6-5-7-16(12-14)19-13(2)3/h5-7,12-13,15,17-18H,4,8-11H2,1-3H3. The van der Waals surface area contributed by atoms with E-state index in [0.29, 0.717) is 6.04 Å². The summed E-state index contributed by atoms with van der Waals surface area (Å²) in [5, 5.41) is 3.63. The van der Waals surface area contributed by atoms with Crippen LogP contribution >= 0.6 is 0 Å². The van der Waals surface area contributed by atoms with E-state index in [1.54, 1.807) is 0 Å². The number of hydrogen-bond acceptors (Lipinski definition) is 2. The van der Waals surface area contributed by atoms with E-state index in [4.69, 9.17) is 4.74 Å². The van der Waals surface area contributed by atoms with Crippen LogP contribution in [0.4, 0.5) is 0 Å². The van der Waals surface area contributed by atoms with Gasteiger partial charge in [-0.15, -0.1) is 0 Å². The van der Waals surface area contributed by atoms with Crippen LogP contribution in [0, 0.1) is 5.92 Å². The molecule has 0 saturated heterocycles. The summed E-state index contributed by atoms with van der Waals surface area (Å²) in [5.74, 6) is 1.92. The zero-order valence-electron chi connectivity index (χ0n) is 12.5. The van der Waals surface area contributed by atoms with Gasteiger partial charge in [-0.05, 0) is 69.7 Å². The number of benzene rings is 1. The lowest BCUT2D eigenvalue weighted by atomic mass is 10.0. The van der Waals surface area contributed by atoms with E-state index in [1.807, 2.05) is 6.07 Å². The highest BCUT2D eigenvalue weighted by Gasteiger charge is 2.29. The molecule has 1 N–H and O–H groups in total. The molecule has 0 heterocycles. The van der Waals surface area contributed by atoms with Crippen molar-refractivity contribution >= 4 is 0 Å². The van der Waals surface area contributed by atoms with Crippen molar-refractivity contribution in [1.29, 1.82) is 0 Å². The molecule has 19 heavy (non-hydrogen) atoms. The lowest BCUT2D eigenvalue weighted by Crippen LogP contribution is -2.31. The van der Waals surface area contributed by atoms with Gasteiger partial charge in [0, 0.05) is 6.04 Å². The van der Waals surface area contributed by atoms with Gasteiger partial charge in [-0.2, -0.15) is 0 Å². The van der Waals surface area contributed by atoms with E-state index in [2.05, 4.69) is 44.3 Å². The van der Waals surface area contributed by atoms with Gasteiger partial charge in [0.15, 0.2) is 0 Å². The summed E-state index contributed by atoms with van der Waals surface area (Å²) in [6.45, 7) is 7.42. The molecule has 0 aromatic heterocycles. The molecule has 2 heteroatoms. The molecule has 1 aromatic rings. The van der Waals surface area contributed by atoms with Crippen LogP contribution in [0.15, 0.2) is 24.3 Å². The Hall–Kier alpha value is -1.02. The number of hydrogen-bond donors (Lipinski definition) is 1. The molecular formula is C17H27NO. The summed E-state index contributed by atoms with van der Waals surface area (Å²) in [5.41, 5.74) is 1.39. The Morgan fingerprint density at radius 3 is 2.74 bits per heavy atom. The maximum atomic E-state index is 5.75. The summed E-state index contributed by atoms with van der Waals surface area (Å²) in [6, 6.07) is 9.26. The molecule has 0 spiro atoms. The highest BCUT2D eigenvalue weighted by molar-refractivity contribution is 5.28. The Morgan fingerprint density at radius 1 is 1.32 bits per heavy atom. The van der Waals surface area contributed by atoms with Gasteiger partial charge >= 0.3 is 0 Å². The molecule has 1 atom stereocenters. The summed E-state index contributed by atoms with van der Waals surface area (Å²) in [6.07, 6.45) is 5.45. The molecule has 1 aliphatic rings. The van der Waals surface area contributed by atoms with Crippen LogP contribution in [0.1, 0.15) is 45.6 Å². The smallest absolute Gasteiger partial charge is 0.119 e. The van der Waals surface area contributed by atoms with Crippen LogP contribution in [0.5, 0.6) is 5.75 Å². The fraction of sp³-hybridized carbons (Fsp3) is 0.647. The van der Waals surface area contributed by atoms with Crippen molar-refractivity contribution in [3.8, 4) is 5.75 Å². The van der Waals surface area contributed by atoms with Gasteiger partial charge in [0.05, 0.1) is 6.10 Å². The molecule has 1 fully saturated rings. The molecule has 106 valence electrons. The van der Waals surface area contributed by atoms with Crippen molar-refractivity contribution < 1.29 is 4.74 Å². The minimum absolute atomic E-state index is 0.247. The molecule has 1 aromatic carbocycles. The number of aryl methyl sites for hydroxylation is 1. The van der Waals surface area contributed by atoms with Crippen LogP contribution in [0.25, 0.3) is 0 Å². The SMILES string of the molecule is CCNC(CCc1cccc(OC(C)C)c1)C1CC1. The first kappa shape index (κ1) is 14.4. The van der Waals surface area contributed by atoms with Gasteiger partial charge in [0.1, 0.15) is 5.75 Å². The summed E-state index contributed by atoms with van der Waals surface area (Å²) in [7, 11) is 0. The van der Waals surface area contributed by atoms with E-state index >= 15 is 0 Å². The zero-order valence-corrected chi connectivity index (χ0v) is 12.5. The minimum Gasteiger partial charge on any atom is -0.491 e. The minimum atomic E-state index is 0.247. The van der Waals surface area contributed by atoms with Crippen LogP contribution in [0.2, 0.25) is 0 Å². The van der Waals surface area contributed by atoms with Gasteiger partial charge in [-0.25, -0.2) is 0 Å². The number of rotatable bonds is 8. The molecule has 1 saturated carbocycles. The van der Waals surface area contributed by atoms with Gasteiger partial charge in [-0.3, -0.25) is 0 Å². The second-order valence-corrected chi connectivity index (χ2v) is 5.85. The molecule has 0 aliphatic heterocycles. The molecule has 2 rings (SSSR count). The first-order valence-electron chi connectivity index (χ1n) is 7.68. The highest BCUT2D eigenvalue weighted by atomic mass is 16.5.